The Kier molecular flexibility index (Phi) is 5.48. The van der Waals surface area contributed by atoms with Gasteiger partial charge in [0.1, 0.15) is 18.1 Å². The van der Waals surface area contributed by atoms with Crippen LogP contribution in [0.4, 0.5) is 0 Å². The monoisotopic (exact) mass is 330 g/mol. The van der Waals surface area contributed by atoms with Crippen LogP contribution in [0.2, 0.25) is 0 Å². The Morgan fingerprint density at radius 2 is 2.26 bits per heavy atom. The molecule has 0 aromatic heterocycles. The van der Waals surface area contributed by atoms with Crippen LogP contribution in [0.25, 0.3) is 0 Å². The summed E-state index contributed by atoms with van der Waals surface area (Å²) in [5, 5.41) is 0. The van der Waals surface area contributed by atoms with E-state index in [0.717, 1.165) is 35.6 Å². The van der Waals surface area contributed by atoms with Crippen molar-refractivity contribution in [2.45, 2.75) is 12.5 Å². The van der Waals surface area contributed by atoms with E-state index in [9.17, 15) is 0 Å². The van der Waals surface area contributed by atoms with Gasteiger partial charge in [-0.05, 0) is 40.5 Å². The first-order valence-electron chi connectivity index (χ1n) is 6.31. The summed E-state index contributed by atoms with van der Waals surface area (Å²) in [5.41, 5.74) is 0. The van der Waals surface area contributed by atoms with Crippen LogP contribution >= 0.6 is 15.9 Å². The van der Waals surface area contributed by atoms with E-state index in [1.54, 1.807) is 14.2 Å². The smallest absolute Gasteiger partial charge is 0.133 e. The molecule has 1 fully saturated rings. The van der Waals surface area contributed by atoms with Crippen molar-refractivity contribution in [3.05, 3.63) is 22.7 Å². The van der Waals surface area contributed by atoms with Crippen molar-refractivity contribution >= 4 is 15.9 Å². The zero-order valence-corrected chi connectivity index (χ0v) is 12.8. The molecule has 1 aromatic rings. The minimum atomic E-state index is 0.0726. The fraction of sp³-hybridized carbons (Fsp3) is 0.571. The lowest BCUT2D eigenvalue weighted by Gasteiger charge is -2.21. The first kappa shape index (κ1) is 14.6. The summed E-state index contributed by atoms with van der Waals surface area (Å²) in [6, 6.07) is 5.66. The zero-order valence-electron chi connectivity index (χ0n) is 11.2. The van der Waals surface area contributed by atoms with Crippen LogP contribution in [-0.4, -0.2) is 40.1 Å². The molecule has 2 atom stereocenters. The molecule has 2 unspecified atom stereocenters. The van der Waals surface area contributed by atoms with Gasteiger partial charge in [0.15, 0.2) is 0 Å². The highest BCUT2D eigenvalue weighted by Gasteiger charge is 2.26. The van der Waals surface area contributed by atoms with Gasteiger partial charge in [-0.3, -0.25) is 0 Å². The molecule has 0 spiro atoms. The third-order valence-corrected chi connectivity index (χ3v) is 3.95. The van der Waals surface area contributed by atoms with Crippen LogP contribution in [-0.2, 0) is 9.47 Å². The van der Waals surface area contributed by atoms with Gasteiger partial charge >= 0.3 is 0 Å². The van der Waals surface area contributed by atoms with Crippen LogP contribution in [0.3, 0.4) is 0 Å². The maximum atomic E-state index is 5.79. The van der Waals surface area contributed by atoms with Gasteiger partial charge in [-0.1, -0.05) is 0 Å². The highest BCUT2D eigenvalue weighted by molar-refractivity contribution is 9.10. The molecule has 2 rings (SSSR count). The summed E-state index contributed by atoms with van der Waals surface area (Å²) < 4.78 is 22.7. The van der Waals surface area contributed by atoms with Gasteiger partial charge in [-0.25, -0.2) is 0 Å². The van der Waals surface area contributed by atoms with Crippen LogP contribution in [0.1, 0.15) is 6.42 Å². The van der Waals surface area contributed by atoms with Crippen molar-refractivity contribution in [2.75, 3.05) is 34.0 Å². The van der Waals surface area contributed by atoms with Crippen LogP contribution in [0.5, 0.6) is 11.5 Å². The Morgan fingerprint density at radius 1 is 1.42 bits per heavy atom. The van der Waals surface area contributed by atoms with E-state index >= 15 is 0 Å². The summed E-state index contributed by atoms with van der Waals surface area (Å²) in [7, 11) is 3.36. The summed E-state index contributed by atoms with van der Waals surface area (Å²) in [6.45, 7) is 2.11. The molecule has 5 heteroatoms. The number of methoxy groups -OCH3 is 2. The Balaban J connectivity index is 1.91. The SMILES string of the molecule is COc1ccc(OCC(OC)C2CCOC2)cc1Br. The Hall–Kier alpha value is -0.780. The third-order valence-electron chi connectivity index (χ3n) is 3.33. The maximum absolute atomic E-state index is 5.79. The number of rotatable bonds is 6. The van der Waals surface area contributed by atoms with E-state index < -0.39 is 0 Å². The Morgan fingerprint density at radius 3 is 2.84 bits per heavy atom. The first-order valence-corrected chi connectivity index (χ1v) is 7.10. The second-order valence-corrected chi connectivity index (χ2v) is 5.36. The molecular weight excluding hydrogens is 312 g/mol. The lowest BCUT2D eigenvalue weighted by atomic mass is 10.0. The Bertz CT molecular complexity index is 404. The van der Waals surface area contributed by atoms with E-state index in [2.05, 4.69) is 15.9 Å². The van der Waals surface area contributed by atoms with Gasteiger partial charge < -0.3 is 18.9 Å². The molecule has 1 heterocycles. The zero-order chi connectivity index (χ0) is 13.7. The highest BCUT2D eigenvalue weighted by atomic mass is 79.9. The number of benzene rings is 1. The molecule has 0 aliphatic carbocycles. The third kappa shape index (κ3) is 3.84. The minimum absolute atomic E-state index is 0.0726. The Labute approximate surface area is 122 Å². The number of hydrogen-bond donors (Lipinski definition) is 0. The fourth-order valence-corrected chi connectivity index (χ4v) is 2.68. The van der Waals surface area contributed by atoms with E-state index in [0.29, 0.717) is 12.5 Å². The van der Waals surface area contributed by atoms with Crippen molar-refractivity contribution in [3.63, 3.8) is 0 Å². The highest BCUT2D eigenvalue weighted by Crippen LogP contribution is 2.29. The van der Waals surface area contributed by atoms with Gasteiger partial charge in [-0.2, -0.15) is 0 Å². The second kappa shape index (κ2) is 7.12. The maximum Gasteiger partial charge on any atom is 0.133 e. The van der Waals surface area contributed by atoms with Gasteiger partial charge in [0.2, 0.25) is 0 Å². The first-order chi connectivity index (χ1) is 9.24. The summed E-state index contributed by atoms with van der Waals surface area (Å²) in [5.74, 6) is 2.01. The van der Waals surface area contributed by atoms with Gasteiger partial charge in [0.25, 0.3) is 0 Å². The van der Waals surface area contributed by atoms with Gasteiger partial charge in [0, 0.05) is 19.6 Å². The van der Waals surface area contributed by atoms with Crippen LogP contribution < -0.4 is 9.47 Å². The lowest BCUT2D eigenvalue weighted by Crippen LogP contribution is -2.29. The van der Waals surface area contributed by atoms with Gasteiger partial charge in [-0.15, -0.1) is 0 Å². The summed E-state index contributed by atoms with van der Waals surface area (Å²) in [6.07, 6.45) is 1.11. The normalized spacial score (nSPS) is 20.3. The largest absolute Gasteiger partial charge is 0.496 e. The summed E-state index contributed by atoms with van der Waals surface area (Å²) in [4.78, 5) is 0. The minimum Gasteiger partial charge on any atom is -0.496 e. The number of ether oxygens (including phenoxy) is 4. The molecule has 19 heavy (non-hydrogen) atoms. The van der Waals surface area contributed by atoms with E-state index in [-0.39, 0.29) is 6.10 Å². The molecular formula is C14H19BrO4. The van der Waals surface area contributed by atoms with Crippen molar-refractivity contribution in [1.29, 1.82) is 0 Å². The van der Waals surface area contributed by atoms with Crippen molar-refractivity contribution in [2.24, 2.45) is 5.92 Å². The molecule has 0 radical (unpaired) electrons. The van der Waals surface area contributed by atoms with E-state index in [1.807, 2.05) is 18.2 Å². The molecule has 4 nitrogen and oxygen atoms in total. The predicted molar refractivity (Wildman–Crippen MR) is 75.9 cm³/mol. The van der Waals surface area contributed by atoms with E-state index in [4.69, 9.17) is 18.9 Å². The molecule has 1 aliphatic rings. The van der Waals surface area contributed by atoms with Crippen LogP contribution in [0, 0.1) is 5.92 Å². The molecule has 106 valence electrons. The van der Waals surface area contributed by atoms with Crippen molar-refractivity contribution in [1.82, 2.24) is 0 Å². The molecule has 0 saturated carbocycles. The lowest BCUT2D eigenvalue weighted by molar-refractivity contribution is 0.0116. The molecule has 0 N–H and O–H groups in total. The van der Waals surface area contributed by atoms with Crippen LogP contribution in [0.15, 0.2) is 22.7 Å². The predicted octanol–water partition coefficient (Wildman–Crippen LogP) is 2.89. The second-order valence-electron chi connectivity index (χ2n) is 4.51. The fourth-order valence-electron chi connectivity index (χ4n) is 2.16. The van der Waals surface area contributed by atoms with E-state index in [1.165, 1.54) is 0 Å². The van der Waals surface area contributed by atoms with Gasteiger partial charge in [0.05, 0.1) is 24.3 Å². The molecule has 1 aromatic carbocycles. The molecule has 0 amide bonds. The number of halogens is 1. The molecule has 1 saturated heterocycles. The average molecular weight is 331 g/mol. The summed E-state index contributed by atoms with van der Waals surface area (Å²) >= 11 is 3.44. The number of hydrogen-bond acceptors (Lipinski definition) is 4. The molecule has 0 bridgehead atoms. The quantitative estimate of drug-likeness (QED) is 0.803. The molecule has 1 aliphatic heterocycles. The van der Waals surface area contributed by atoms with Crippen molar-refractivity contribution in [3.8, 4) is 11.5 Å². The average Bonchev–Trinajstić information content (AvgIpc) is 2.94. The standard InChI is InChI=1S/C14H19BrO4/c1-16-13-4-3-11(7-12(13)15)19-9-14(17-2)10-5-6-18-8-10/h3-4,7,10,14H,5-6,8-9H2,1-2H3. The topological polar surface area (TPSA) is 36.9 Å². The van der Waals surface area contributed by atoms with Crippen molar-refractivity contribution < 1.29 is 18.9 Å².